The average molecular weight is 280 g/mol. The fraction of sp³-hybridized carbons (Fsp3) is 0.250. The first-order valence-corrected chi connectivity index (χ1v) is 5.85. The van der Waals surface area contributed by atoms with Gasteiger partial charge in [0, 0.05) is 12.6 Å². The maximum atomic E-state index is 5.86. The molecule has 0 bridgehead atoms. The van der Waals surface area contributed by atoms with Crippen molar-refractivity contribution in [3.05, 3.63) is 33.8 Å². The fourth-order valence-electron chi connectivity index (χ4n) is 1.58. The smallest absolute Gasteiger partial charge is 0.136 e. The van der Waals surface area contributed by atoms with Crippen LogP contribution < -0.4 is 5.73 Å². The van der Waals surface area contributed by atoms with Crippen molar-refractivity contribution in [3.63, 3.8) is 0 Å². The normalized spacial score (nSPS) is 10.8. The van der Waals surface area contributed by atoms with E-state index in [0.29, 0.717) is 5.82 Å². The summed E-state index contributed by atoms with van der Waals surface area (Å²) in [6, 6.07) is 6.29. The zero-order valence-corrected chi connectivity index (χ0v) is 11.2. The molecule has 84 valence electrons. The number of nitrogen functional groups attached to an aromatic ring is 1. The van der Waals surface area contributed by atoms with Gasteiger partial charge in [-0.2, -0.15) is 5.10 Å². The molecule has 0 aliphatic heterocycles. The third-order valence-corrected chi connectivity index (χ3v) is 3.59. The number of hydrogen-bond acceptors (Lipinski definition) is 2. The molecule has 0 saturated carbocycles. The molecule has 16 heavy (non-hydrogen) atoms. The average Bonchev–Trinajstić information content (AvgIpc) is 2.50. The van der Waals surface area contributed by atoms with E-state index in [1.807, 2.05) is 7.05 Å². The number of benzene rings is 1. The second-order valence-corrected chi connectivity index (χ2v) is 4.76. The molecule has 0 amide bonds. The molecule has 3 nitrogen and oxygen atoms in total. The van der Waals surface area contributed by atoms with E-state index in [-0.39, 0.29) is 0 Å². The van der Waals surface area contributed by atoms with Gasteiger partial charge in [0.1, 0.15) is 11.5 Å². The van der Waals surface area contributed by atoms with Crippen LogP contribution in [0.2, 0.25) is 0 Å². The van der Waals surface area contributed by atoms with Gasteiger partial charge < -0.3 is 5.73 Å². The van der Waals surface area contributed by atoms with Gasteiger partial charge in [0.2, 0.25) is 0 Å². The zero-order chi connectivity index (χ0) is 11.9. The van der Waals surface area contributed by atoms with Gasteiger partial charge >= 0.3 is 0 Å². The summed E-state index contributed by atoms with van der Waals surface area (Å²) in [7, 11) is 1.84. The largest absolute Gasteiger partial charge is 0.383 e. The van der Waals surface area contributed by atoms with Crippen LogP contribution in [0, 0.1) is 13.8 Å². The highest BCUT2D eigenvalue weighted by molar-refractivity contribution is 9.10. The molecular weight excluding hydrogens is 266 g/mol. The van der Waals surface area contributed by atoms with Gasteiger partial charge in [0.05, 0.1) is 4.47 Å². The Labute approximate surface area is 103 Å². The summed E-state index contributed by atoms with van der Waals surface area (Å²) in [5.74, 6) is 0.647. The molecule has 2 rings (SSSR count). The molecule has 0 radical (unpaired) electrons. The lowest BCUT2D eigenvalue weighted by Crippen LogP contribution is -1.97. The van der Waals surface area contributed by atoms with E-state index >= 15 is 0 Å². The molecule has 4 heteroatoms. The van der Waals surface area contributed by atoms with Gasteiger partial charge in [-0.15, -0.1) is 0 Å². The van der Waals surface area contributed by atoms with Crippen LogP contribution in [0.4, 0.5) is 5.82 Å². The number of hydrogen-bond donors (Lipinski definition) is 1. The Kier molecular flexibility index (Phi) is 2.76. The number of nitrogens with zero attached hydrogens (tertiary/aromatic N) is 2. The highest BCUT2D eigenvalue weighted by Gasteiger charge is 2.13. The van der Waals surface area contributed by atoms with E-state index in [2.05, 4.69) is 53.1 Å². The van der Waals surface area contributed by atoms with Crippen LogP contribution in [0.15, 0.2) is 22.7 Å². The predicted molar refractivity (Wildman–Crippen MR) is 70.2 cm³/mol. The van der Waals surface area contributed by atoms with Crippen molar-refractivity contribution in [2.75, 3.05) is 5.73 Å². The number of aromatic nitrogens is 2. The van der Waals surface area contributed by atoms with Gasteiger partial charge in [-0.3, -0.25) is 4.68 Å². The molecule has 1 aromatic carbocycles. The Balaban J connectivity index is 2.59. The van der Waals surface area contributed by atoms with Crippen LogP contribution in [0.3, 0.4) is 0 Å². The van der Waals surface area contributed by atoms with Crippen molar-refractivity contribution in [2.45, 2.75) is 13.8 Å². The third-order valence-electron chi connectivity index (χ3n) is 2.81. The predicted octanol–water partition coefficient (Wildman–Crippen LogP) is 3.05. The molecule has 2 aromatic rings. The Bertz CT molecular complexity index is 543. The number of rotatable bonds is 1. The topological polar surface area (TPSA) is 43.8 Å². The van der Waals surface area contributed by atoms with E-state index in [9.17, 15) is 0 Å². The van der Waals surface area contributed by atoms with Gasteiger partial charge in [-0.25, -0.2) is 0 Å². The van der Waals surface area contributed by atoms with Gasteiger partial charge in [0.15, 0.2) is 0 Å². The lowest BCUT2D eigenvalue weighted by molar-refractivity contribution is 0.782. The van der Waals surface area contributed by atoms with E-state index in [1.165, 1.54) is 11.1 Å². The second kappa shape index (κ2) is 3.94. The first kappa shape index (κ1) is 11.2. The maximum Gasteiger partial charge on any atom is 0.136 e. The molecule has 0 unspecified atom stereocenters. The van der Waals surface area contributed by atoms with Crippen molar-refractivity contribution in [1.82, 2.24) is 9.78 Å². The Morgan fingerprint density at radius 2 is 1.94 bits per heavy atom. The summed E-state index contributed by atoms with van der Waals surface area (Å²) in [6.07, 6.45) is 0. The zero-order valence-electron chi connectivity index (χ0n) is 9.58. The number of halogens is 1. The molecule has 0 saturated heterocycles. The number of anilines is 1. The third kappa shape index (κ3) is 1.73. The standard InChI is InChI=1S/C12H14BrN3/c1-7-4-5-9(6-8(7)2)11-10(13)12(14)16(3)15-11/h4-6H,14H2,1-3H3. The van der Waals surface area contributed by atoms with Gasteiger partial charge in [-0.05, 0) is 47.0 Å². The van der Waals surface area contributed by atoms with E-state index in [4.69, 9.17) is 5.73 Å². The van der Waals surface area contributed by atoms with Crippen LogP contribution in [-0.4, -0.2) is 9.78 Å². The van der Waals surface area contributed by atoms with Crippen molar-refractivity contribution in [1.29, 1.82) is 0 Å². The van der Waals surface area contributed by atoms with Gasteiger partial charge in [0.25, 0.3) is 0 Å². The monoisotopic (exact) mass is 279 g/mol. The minimum Gasteiger partial charge on any atom is -0.383 e. The molecule has 0 atom stereocenters. The Hall–Kier alpha value is -1.29. The van der Waals surface area contributed by atoms with Crippen LogP contribution in [0.25, 0.3) is 11.3 Å². The van der Waals surface area contributed by atoms with E-state index in [1.54, 1.807) is 4.68 Å². The number of nitrogens with two attached hydrogens (primary N) is 1. The van der Waals surface area contributed by atoms with Crippen LogP contribution in [0.1, 0.15) is 11.1 Å². The Morgan fingerprint density at radius 3 is 2.44 bits per heavy atom. The number of aryl methyl sites for hydroxylation is 3. The molecule has 0 spiro atoms. The quantitative estimate of drug-likeness (QED) is 0.872. The molecular formula is C12H14BrN3. The SMILES string of the molecule is Cc1ccc(-c2nn(C)c(N)c2Br)cc1C. The van der Waals surface area contributed by atoms with Crippen molar-refractivity contribution < 1.29 is 0 Å². The first-order valence-electron chi connectivity index (χ1n) is 5.06. The first-order chi connectivity index (χ1) is 7.50. The van der Waals surface area contributed by atoms with Crippen molar-refractivity contribution in [3.8, 4) is 11.3 Å². The van der Waals surface area contributed by atoms with E-state index in [0.717, 1.165) is 15.7 Å². The summed E-state index contributed by atoms with van der Waals surface area (Å²) in [6.45, 7) is 4.19. The highest BCUT2D eigenvalue weighted by Crippen LogP contribution is 2.32. The summed E-state index contributed by atoms with van der Waals surface area (Å²) in [4.78, 5) is 0. The van der Waals surface area contributed by atoms with Crippen LogP contribution >= 0.6 is 15.9 Å². The maximum absolute atomic E-state index is 5.86. The van der Waals surface area contributed by atoms with Crippen LogP contribution in [-0.2, 0) is 7.05 Å². The summed E-state index contributed by atoms with van der Waals surface area (Å²) < 4.78 is 2.53. The molecule has 1 heterocycles. The highest BCUT2D eigenvalue weighted by atomic mass is 79.9. The molecule has 2 N–H and O–H groups in total. The Morgan fingerprint density at radius 1 is 1.25 bits per heavy atom. The molecule has 0 aliphatic rings. The van der Waals surface area contributed by atoms with Gasteiger partial charge in [-0.1, -0.05) is 12.1 Å². The van der Waals surface area contributed by atoms with Crippen molar-refractivity contribution in [2.24, 2.45) is 7.05 Å². The fourth-order valence-corrected chi connectivity index (χ4v) is 2.15. The molecule has 1 aromatic heterocycles. The van der Waals surface area contributed by atoms with Crippen LogP contribution in [0.5, 0.6) is 0 Å². The minimum atomic E-state index is 0.647. The molecule has 0 aliphatic carbocycles. The summed E-state index contributed by atoms with van der Waals surface area (Å²) >= 11 is 3.47. The summed E-state index contributed by atoms with van der Waals surface area (Å²) in [5, 5.41) is 4.40. The lowest BCUT2D eigenvalue weighted by Gasteiger charge is -2.03. The lowest BCUT2D eigenvalue weighted by atomic mass is 10.0. The minimum absolute atomic E-state index is 0.647. The summed E-state index contributed by atoms with van der Waals surface area (Å²) in [5.41, 5.74) is 10.4. The second-order valence-electron chi connectivity index (χ2n) is 3.97. The van der Waals surface area contributed by atoms with Crippen molar-refractivity contribution >= 4 is 21.7 Å². The molecule has 0 fully saturated rings. The van der Waals surface area contributed by atoms with E-state index < -0.39 is 0 Å².